The van der Waals surface area contributed by atoms with E-state index in [1.54, 1.807) is 0 Å². The second-order valence-corrected chi connectivity index (χ2v) is 6.74. The van der Waals surface area contributed by atoms with Crippen LogP contribution in [0.2, 0.25) is 0 Å². The number of hydrogen-bond donors (Lipinski definition) is 1. The van der Waals surface area contributed by atoms with E-state index < -0.39 is 0 Å². The van der Waals surface area contributed by atoms with Crippen molar-refractivity contribution >= 4 is 45.5 Å². The maximum Gasteiger partial charge on any atom is 0.248 e. The Morgan fingerprint density at radius 2 is 2.27 bits per heavy atom. The molecule has 0 saturated carbocycles. The molecule has 3 aromatic rings. The summed E-state index contributed by atoms with van der Waals surface area (Å²) in [4.78, 5) is 14.3. The van der Waals surface area contributed by atoms with Crippen LogP contribution in [0.25, 0.3) is 10.7 Å². The normalized spacial score (nSPS) is 10.6. The lowest BCUT2D eigenvalue weighted by atomic mass is 10.2. The fourth-order valence-corrected chi connectivity index (χ4v) is 2.98. The predicted molar refractivity (Wildman–Crippen MR) is 93.7 cm³/mol. The number of anilines is 1. The summed E-state index contributed by atoms with van der Waals surface area (Å²) in [5.74, 6) is 0.350. The van der Waals surface area contributed by atoms with E-state index in [1.165, 1.54) is 21.7 Å². The summed E-state index contributed by atoms with van der Waals surface area (Å²) in [6.45, 7) is 2.06. The molecule has 2 heterocycles. The lowest BCUT2D eigenvalue weighted by Crippen LogP contribution is -2.20. The number of rotatable bonds is 4. The van der Waals surface area contributed by atoms with Crippen molar-refractivity contribution in [1.29, 1.82) is 0 Å². The summed E-state index contributed by atoms with van der Waals surface area (Å²) in [6, 6.07) is 9.62. The second-order valence-electron chi connectivity index (χ2n) is 4.63. The number of thiophene rings is 1. The van der Waals surface area contributed by atoms with Gasteiger partial charge in [-0.15, -0.1) is 21.5 Å². The first-order valence-electron chi connectivity index (χ1n) is 6.49. The average Bonchev–Trinajstić information content (AvgIpc) is 3.13. The Bertz CT molecular complexity index is 799. The number of benzene rings is 1. The molecule has 0 aliphatic carbocycles. The summed E-state index contributed by atoms with van der Waals surface area (Å²) in [7, 11) is 0. The van der Waals surface area contributed by atoms with Crippen molar-refractivity contribution in [2.24, 2.45) is 0 Å². The number of nitrogens with zero attached hydrogens (tertiary/aromatic N) is 4. The first-order chi connectivity index (χ1) is 10.6. The molecule has 0 fully saturated rings. The number of aryl methyl sites for hydroxylation is 1. The van der Waals surface area contributed by atoms with E-state index in [2.05, 4.69) is 43.3 Å². The third-order valence-electron chi connectivity index (χ3n) is 2.94. The van der Waals surface area contributed by atoms with Gasteiger partial charge in [-0.1, -0.05) is 12.1 Å². The van der Waals surface area contributed by atoms with E-state index in [0.717, 1.165) is 14.1 Å². The van der Waals surface area contributed by atoms with Crippen molar-refractivity contribution in [2.45, 2.75) is 13.5 Å². The predicted octanol–water partition coefficient (Wildman–Crippen LogP) is 2.95. The quantitative estimate of drug-likeness (QED) is 0.653. The summed E-state index contributed by atoms with van der Waals surface area (Å²) < 4.78 is 1.11. The number of tetrazole rings is 1. The van der Waals surface area contributed by atoms with Crippen molar-refractivity contribution in [1.82, 2.24) is 20.2 Å². The maximum absolute atomic E-state index is 12.0. The molecule has 112 valence electrons. The Hall–Kier alpha value is -1.81. The van der Waals surface area contributed by atoms with Gasteiger partial charge in [-0.3, -0.25) is 4.79 Å². The zero-order valence-corrected chi connectivity index (χ0v) is 14.6. The zero-order chi connectivity index (χ0) is 15.5. The molecule has 0 radical (unpaired) electrons. The van der Waals surface area contributed by atoms with Gasteiger partial charge in [-0.25, -0.2) is 0 Å². The molecule has 1 aromatic carbocycles. The van der Waals surface area contributed by atoms with Gasteiger partial charge in [-0.2, -0.15) is 4.80 Å². The number of aromatic nitrogens is 4. The molecule has 0 spiro atoms. The SMILES string of the molecule is Cc1ccc(NC(=O)Cn2nnc(-c3cccs3)n2)cc1I. The van der Waals surface area contributed by atoms with Gasteiger partial charge in [0, 0.05) is 9.26 Å². The number of amides is 1. The lowest BCUT2D eigenvalue weighted by Gasteiger charge is -2.06. The van der Waals surface area contributed by atoms with Crippen molar-refractivity contribution in [2.75, 3.05) is 5.32 Å². The fourth-order valence-electron chi connectivity index (χ4n) is 1.81. The van der Waals surface area contributed by atoms with E-state index in [-0.39, 0.29) is 12.5 Å². The summed E-state index contributed by atoms with van der Waals surface area (Å²) in [6.07, 6.45) is 0. The minimum Gasteiger partial charge on any atom is -0.324 e. The Balaban J connectivity index is 1.65. The molecule has 0 atom stereocenters. The highest BCUT2D eigenvalue weighted by Crippen LogP contribution is 2.19. The van der Waals surface area contributed by atoms with Crippen LogP contribution in [-0.4, -0.2) is 26.1 Å². The van der Waals surface area contributed by atoms with Gasteiger partial charge in [0.15, 0.2) is 0 Å². The van der Waals surface area contributed by atoms with Crippen molar-refractivity contribution < 1.29 is 4.79 Å². The molecule has 1 amide bonds. The number of hydrogen-bond acceptors (Lipinski definition) is 5. The number of nitrogens with one attached hydrogen (secondary N) is 1. The number of halogens is 1. The number of carbonyl (C=O) groups excluding carboxylic acids is 1. The van der Waals surface area contributed by atoms with Crippen LogP contribution >= 0.6 is 33.9 Å². The molecule has 2 aromatic heterocycles. The van der Waals surface area contributed by atoms with E-state index in [0.29, 0.717) is 5.82 Å². The van der Waals surface area contributed by atoms with Crippen LogP contribution in [0.3, 0.4) is 0 Å². The highest BCUT2D eigenvalue weighted by molar-refractivity contribution is 14.1. The number of carbonyl (C=O) groups is 1. The van der Waals surface area contributed by atoms with Crippen LogP contribution in [-0.2, 0) is 11.3 Å². The molecule has 6 nitrogen and oxygen atoms in total. The molecule has 0 saturated heterocycles. The molecule has 22 heavy (non-hydrogen) atoms. The first kappa shape index (κ1) is 15.1. The van der Waals surface area contributed by atoms with Crippen LogP contribution < -0.4 is 5.32 Å². The van der Waals surface area contributed by atoms with Gasteiger partial charge in [0.2, 0.25) is 11.7 Å². The van der Waals surface area contributed by atoms with Gasteiger partial charge in [0.1, 0.15) is 6.54 Å². The van der Waals surface area contributed by atoms with Gasteiger partial charge in [0.25, 0.3) is 0 Å². The fraction of sp³-hybridized carbons (Fsp3) is 0.143. The highest BCUT2D eigenvalue weighted by atomic mass is 127. The highest BCUT2D eigenvalue weighted by Gasteiger charge is 2.10. The Labute approximate surface area is 144 Å². The minimum absolute atomic E-state index is 0.0306. The van der Waals surface area contributed by atoms with Crippen molar-refractivity contribution in [3.05, 3.63) is 44.8 Å². The molecule has 0 aliphatic rings. The van der Waals surface area contributed by atoms with E-state index in [4.69, 9.17) is 0 Å². The van der Waals surface area contributed by atoms with Gasteiger partial charge >= 0.3 is 0 Å². The third-order valence-corrected chi connectivity index (χ3v) is 4.96. The molecular weight excluding hydrogens is 413 g/mol. The van der Waals surface area contributed by atoms with Gasteiger partial charge in [0.05, 0.1) is 4.88 Å². The first-order valence-corrected chi connectivity index (χ1v) is 8.45. The van der Waals surface area contributed by atoms with Crippen molar-refractivity contribution in [3.8, 4) is 10.7 Å². The molecular formula is C14H12IN5OS. The van der Waals surface area contributed by atoms with Crippen LogP contribution in [0.5, 0.6) is 0 Å². The van der Waals surface area contributed by atoms with Gasteiger partial charge in [-0.05, 0) is 63.9 Å². The second kappa shape index (κ2) is 6.53. The Kier molecular flexibility index (Phi) is 4.48. The summed E-state index contributed by atoms with van der Waals surface area (Å²) >= 11 is 3.77. The molecule has 0 bridgehead atoms. The van der Waals surface area contributed by atoms with E-state index in [1.807, 2.05) is 42.6 Å². The van der Waals surface area contributed by atoms with Crippen LogP contribution in [0.4, 0.5) is 5.69 Å². The van der Waals surface area contributed by atoms with E-state index in [9.17, 15) is 4.79 Å². The molecule has 0 aliphatic heterocycles. The van der Waals surface area contributed by atoms with Crippen LogP contribution in [0.1, 0.15) is 5.56 Å². The third kappa shape index (κ3) is 3.50. The standard InChI is InChI=1S/C14H12IN5OS/c1-9-4-5-10(7-11(9)15)16-13(21)8-20-18-14(17-19-20)12-3-2-6-22-12/h2-7H,8H2,1H3,(H,16,21). The molecule has 1 N–H and O–H groups in total. The Morgan fingerprint density at radius 3 is 3.00 bits per heavy atom. The molecule has 8 heteroatoms. The smallest absolute Gasteiger partial charge is 0.248 e. The topological polar surface area (TPSA) is 72.7 Å². The maximum atomic E-state index is 12.0. The average molecular weight is 425 g/mol. The lowest BCUT2D eigenvalue weighted by molar-refractivity contribution is -0.117. The minimum atomic E-state index is -0.185. The molecule has 3 rings (SSSR count). The largest absolute Gasteiger partial charge is 0.324 e. The van der Waals surface area contributed by atoms with Crippen LogP contribution in [0.15, 0.2) is 35.7 Å². The Morgan fingerprint density at radius 1 is 1.41 bits per heavy atom. The van der Waals surface area contributed by atoms with Gasteiger partial charge < -0.3 is 5.32 Å². The zero-order valence-electron chi connectivity index (χ0n) is 11.7. The van der Waals surface area contributed by atoms with Crippen LogP contribution in [0, 0.1) is 10.5 Å². The van der Waals surface area contributed by atoms with Crippen molar-refractivity contribution in [3.63, 3.8) is 0 Å². The monoisotopic (exact) mass is 425 g/mol. The molecule has 0 unspecified atom stereocenters. The van der Waals surface area contributed by atoms with E-state index >= 15 is 0 Å². The summed E-state index contributed by atoms with van der Waals surface area (Å²) in [5, 5.41) is 16.8. The summed E-state index contributed by atoms with van der Waals surface area (Å²) in [5.41, 5.74) is 1.94.